The molecule has 1 fully saturated rings. The van der Waals surface area contributed by atoms with Crippen LogP contribution in [0.5, 0.6) is 0 Å². The van der Waals surface area contributed by atoms with Gasteiger partial charge in [-0.1, -0.05) is 66.7 Å². The minimum atomic E-state index is 0.653. The molecule has 1 saturated heterocycles. The fourth-order valence-electron chi connectivity index (χ4n) is 3.06. The second-order valence-electron chi connectivity index (χ2n) is 6.53. The largest absolute Gasteiger partial charge is 0.374 e. The lowest BCUT2D eigenvalue weighted by molar-refractivity contribution is 0.174. The molecule has 0 radical (unpaired) electrons. The summed E-state index contributed by atoms with van der Waals surface area (Å²) in [5.41, 5.74) is 6.51. The van der Waals surface area contributed by atoms with E-state index in [1.54, 1.807) is 0 Å². The zero-order chi connectivity index (χ0) is 16.2. The molecular formula is C22H25N. The normalized spacial score (nSPS) is 14.4. The second-order valence-corrected chi connectivity index (χ2v) is 6.53. The maximum atomic E-state index is 4.23. The van der Waals surface area contributed by atoms with Gasteiger partial charge in [-0.15, -0.1) is 6.58 Å². The summed E-state index contributed by atoms with van der Waals surface area (Å²) in [6, 6.07) is 17.6. The van der Waals surface area contributed by atoms with Gasteiger partial charge in [-0.05, 0) is 36.5 Å². The van der Waals surface area contributed by atoms with Crippen LogP contribution in [0.3, 0.4) is 0 Å². The Labute approximate surface area is 140 Å². The highest BCUT2D eigenvalue weighted by Crippen LogP contribution is 2.24. The molecule has 0 saturated carbocycles. The van der Waals surface area contributed by atoms with E-state index in [2.05, 4.69) is 73.5 Å². The van der Waals surface area contributed by atoms with Crippen LogP contribution in [0.4, 0.5) is 0 Å². The van der Waals surface area contributed by atoms with Crippen molar-refractivity contribution in [3.8, 4) is 11.1 Å². The maximum absolute atomic E-state index is 4.23. The lowest BCUT2D eigenvalue weighted by Gasteiger charge is -2.40. The smallest absolute Gasteiger partial charge is 0.0254 e. The lowest BCUT2D eigenvalue weighted by atomic mass is 9.97. The molecule has 0 N–H and O–H groups in total. The first-order chi connectivity index (χ1) is 11.2. The molecule has 2 aromatic rings. The zero-order valence-corrected chi connectivity index (χ0v) is 14.0. The maximum Gasteiger partial charge on any atom is 0.0254 e. The van der Waals surface area contributed by atoms with Crippen LogP contribution in [0.15, 0.2) is 73.5 Å². The van der Waals surface area contributed by atoms with E-state index in [4.69, 9.17) is 0 Å². The van der Waals surface area contributed by atoms with Crippen molar-refractivity contribution in [3.63, 3.8) is 0 Å². The molecule has 2 aromatic carbocycles. The van der Waals surface area contributed by atoms with Gasteiger partial charge in [-0.2, -0.15) is 0 Å². The monoisotopic (exact) mass is 303 g/mol. The number of aryl methyl sites for hydroxylation is 2. The van der Waals surface area contributed by atoms with Crippen molar-refractivity contribution in [2.24, 2.45) is 5.92 Å². The van der Waals surface area contributed by atoms with Gasteiger partial charge < -0.3 is 4.90 Å². The Balaban J connectivity index is 1.56. The van der Waals surface area contributed by atoms with Crippen molar-refractivity contribution < 1.29 is 0 Å². The van der Waals surface area contributed by atoms with Crippen LogP contribution in [-0.4, -0.2) is 18.0 Å². The van der Waals surface area contributed by atoms with E-state index in [1.807, 2.05) is 6.08 Å². The minimum Gasteiger partial charge on any atom is -0.374 e. The van der Waals surface area contributed by atoms with Gasteiger partial charge in [0.2, 0.25) is 0 Å². The van der Waals surface area contributed by atoms with Crippen LogP contribution in [0.25, 0.3) is 11.1 Å². The minimum absolute atomic E-state index is 0.653. The summed E-state index contributed by atoms with van der Waals surface area (Å²) in [4.78, 5) is 2.37. The molecule has 1 heterocycles. The van der Waals surface area contributed by atoms with Gasteiger partial charge in [0.05, 0.1) is 0 Å². The number of likely N-dealkylation sites (tertiary alicyclic amines) is 1. The SMILES string of the molecule is C=CC1CN(C(=C)CCc2ccc(-c3cccc(C)c3)cc2)C1. The van der Waals surface area contributed by atoms with Crippen LogP contribution in [0.2, 0.25) is 0 Å². The summed E-state index contributed by atoms with van der Waals surface area (Å²) in [6.07, 6.45) is 4.14. The fourth-order valence-corrected chi connectivity index (χ4v) is 3.06. The van der Waals surface area contributed by atoms with E-state index in [1.165, 1.54) is 28.0 Å². The quantitative estimate of drug-likeness (QED) is 0.661. The van der Waals surface area contributed by atoms with Crippen molar-refractivity contribution in [2.75, 3.05) is 13.1 Å². The number of rotatable bonds is 6. The molecule has 0 aromatic heterocycles. The van der Waals surface area contributed by atoms with Crippen molar-refractivity contribution in [1.82, 2.24) is 4.90 Å². The molecule has 118 valence electrons. The summed E-state index contributed by atoms with van der Waals surface area (Å²) in [6.45, 7) is 12.4. The molecule has 0 aliphatic carbocycles. The number of nitrogens with zero attached hydrogens (tertiary/aromatic N) is 1. The van der Waals surface area contributed by atoms with Crippen molar-refractivity contribution in [3.05, 3.63) is 84.6 Å². The van der Waals surface area contributed by atoms with Gasteiger partial charge in [0, 0.05) is 24.7 Å². The summed E-state index contributed by atoms with van der Waals surface area (Å²) in [5.74, 6) is 0.653. The summed E-state index contributed by atoms with van der Waals surface area (Å²) >= 11 is 0. The molecule has 0 unspecified atom stereocenters. The second kappa shape index (κ2) is 6.87. The van der Waals surface area contributed by atoms with Crippen molar-refractivity contribution in [2.45, 2.75) is 19.8 Å². The van der Waals surface area contributed by atoms with Gasteiger partial charge in [-0.3, -0.25) is 0 Å². The van der Waals surface area contributed by atoms with Crippen LogP contribution in [0.1, 0.15) is 17.5 Å². The van der Waals surface area contributed by atoms with Gasteiger partial charge in [0.15, 0.2) is 0 Å². The lowest BCUT2D eigenvalue weighted by Crippen LogP contribution is -2.44. The highest BCUT2D eigenvalue weighted by atomic mass is 15.2. The Morgan fingerprint density at radius 3 is 2.52 bits per heavy atom. The van der Waals surface area contributed by atoms with Gasteiger partial charge in [-0.25, -0.2) is 0 Å². The molecule has 1 heteroatoms. The predicted octanol–water partition coefficient (Wildman–Crippen LogP) is 5.23. The van der Waals surface area contributed by atoms with E-state index in [9.17, 15) is 0 Å². The number of allylic oxidation sites excluding steroid dienone is 1. The van der Waals surface area contributed by atoms with E-state index < -0.39 is 0 Å². The highest BCUT2D eigenvalue weighted by Gasteiger charge is 2.24. The van der Waals surface area contributed by atoms with Gasteiger partial charge in [0.25, 0.3) is 0 Å². The first-order valence-corrected chi connectivity index (χ1v) is 8.37. The van der Waals surface area contributed by atoms with E-state index >= 15 is 0 Å². The average Bonchev–Trinajstić information content (AvgIpc) is 2.52. The molecule has 1 aliphatic rings. The standard InChI is InChI=1S/C22H25N/c1-4-19-15-23(16-19)18(3)8-9-20-10-12-21(13-11-20)22-7-5-6-17(2)14-22/h4-7,10-14,19H,1,3,8-9,15-16H2,2H3. The van der Waals surface area contributed by atoms with E-state index in [0.29, 0.717) is 5.92 Å². The third-order valence-electron chi connectivity index (χ3n) is 4.70. The van der Waals surface area contributed by atoms with Gasteiger partial charge in [0.1, 0.15) is 0 Å². The molecule has 1 aliphatic heterocycles. The topological polar surface area (TPSA) is 3.24 Å². The van der Waals surface area contributed by atoms with Crippen molar-refractivity contribution in [1.29, 1.82) is 0 Å². The Morgan fingerprint density at radius 1 is 1.13 bits per heavy atom. The third kappa shape index (κ3) is 3.73. The number of benzene rings is 2. The van der Waals surface area contributed by atoms with E-state index in [-0.39, 0.29) is 0 Å². The fraction of sp³-hybridized carbons (Fsp3) is 0.273. The molecule has 0 atom stereocenters. The van der Waals surface area contributed by atoms with Crippen LogP contribution in [-0.2, 0) is 6.42 Å². The zero-order valence-electron chi connectivity index (χ0n) is 14.0. The first-order valence-electron chi connectivity index (χ1n) is 8.37. The number of hydrogen-bond donors (Lipinski definition) is 0. The molecule has 23 heavy (non-hydrogen) atoms. The summed E-state index contributed by atoms with van der Waals surface area (Å²) < 4.78 is 0. The Bertz CT molecular complexity index is 690. The van der Waals surface area contributed by atoms with E-state index in [0.717, 1.165) is 25.9 Å². The number of hydrogen-bond acceptors (Lipinski definition) is 1. The molecule has 0 bridgehead atoms. The van der Waals surface area contributed by atoms with Gasteiger partial charge >= 0.3 is 0 Å². The molecular weight excluding hydrogens is 278 g/mol. The van der Waals surface area contributed by atoms with Crippen LogP contribution in [0, 0.1) is 12.8 Å². The molecule has 0 amide bonds. The third-order valence-corrected chi connectivity index (χ3v) is 4.70. The van der Waals surface area contributed by atoms with Crippen LogP contribution >= 0.6 is 0 Å². The predicted molar refractivity (Wildman–Crippen MR) is 99.3 cm³/mol. The molecule has 1 nitrogen and oxygen atoms in total. The highest BCUT2D eigenvalue weighted by molar-refractivity contribution is 5.64. The van der Waals surface area contributed by atoms with Crippen LogP contribution < -0.4 is 0 Å². The molecule has 3 rings (SSSR count). The Hall–Kier alpha value is -2.28. The average molecular weight is 303 g/mol. The summed E-state index contributed by atoms with van der Waals surface area (Å²) in [5, 5.41) is 0. The Morgan fingerprint density at radius 2 is 1.87 bits per heavy atom. The first kappa shape index (κ1) is 15.6. The molecule has 0 spiro atoms. The van der Waals surface area contributed by atoms with Crippen molar-refractivity contribution >= 4 is 0 Å². The Kier molecular flexibility index (Phi) is 4.66. The summed E-state index contributed by atoms with van der Waals surface area (Å²) in [7, 11) is 0.